The largest absolute Gasteiger partial charge is 0.369 e. The van der Waals surface area contributed by atoms with Crippen molar-refractivity contribution in [2.75, 3.05) is 36.4 Å². The van der Waals surface area contributed by atoms with Crippen molar-refractivity contribution in [3.63, 3.8) is 0 Å². The number of carbonyl (C=O) groups excluding carboxylic acids is 1. The standard InChI is InChI=1S/C19H18ClFN6O3S/c20-16-6-1-13(18(28)24-19-22-12-23-25-19)11-17(16)31(29,30)27-9-7-26(8-10-27)15-4-2-14(21)3-5-15/h1-6,11-12H,7-10H2,(H2,22,23,24,25,28). The van der Waals surface area contributed by atoms with E-state index in [0.29, 0.717) is 13.1 Å². The molecule has 0 aliphatic carbocycles. The van der Waals surface area contributed by atoms with E-state index >= 15 is 0 Å². The Balaban J connectivity index is 1.50. The Kier molecular flexibility index (Phi) is 5.90. The van der Waals surface area contributed by atoms with E-state index in [2.05, 4.69) is 20.5 Å². The predicted octanol–water partition coefficient (Wildman–Crippen LogP) is 2.36. The second kappa shape index (κ2) is 8.61. The van der Waals surface area contributed by atoms with E-state index in [9.17, 15) is 17.6 Å². The summed E-state index contributed by atoms with van der Waals surface area (Å²) >= 11 is 6.17. The van der Waals surface area contributed by atoms with Gasteiger partial charge in [0.1, 0.15) is 17.0 Å². The Morgan fingerprint density at radius 1 is 1.10 bits per heavy atom. The molecule has 0 unspecified atom stereocenters. The Labute approximate surface area is 182 Å². The maximum Gasteiger partial charge on any atom is 0.258 e. The van der Waals surface area contributed by atoms with Gasteiger partial charge in [-0.15, -0.1) is 0 Å². The van der Waals surface area contributed by atoms with Crippen LogP contribution < -0.4 is 10.2 Å². The molecule has 1 amide bonds. The number of hydrogen-bond donors (Lipinski definition) is 2. The van der Waals surface area contributed by atoms with E-state index in [0.717, 1.165) is 5.69 Å². The number of aromatic nitrogens is 3. The zero-order valence-electron chi connectivity index (χ0n) is 16.1. The summed E-state index contributed by atoms with van der Waals surface area (Å²) in [6.45, 7) is 1.33. The van der Waals surface area contributed by atoms with Gasteiger partial charge in [-0.3, -0.25) is 10.1 Å². The van der Waals surface area contributed by atoms with Crippen LogP contribution in [0.15, 0.2) is 53.7 Å². The fraction of sp³-hybridized carbons (Fsp3) is 0.211. The van der Waals surface area contributed by atoms with Gasteiger partial charge in [-0.1, -0.05) is 11.6 Å². The fourth-order valence-electron chi connectivity index (χ4n) is 3.27. The van der Waals surface area contributed by atoms with E-state index < -0.39 is 15.9 Å². The van der Waals surface area contributed by atoms with Crippen LogP contribution in [-0.2, 0) is 10.0 Å². The van der Waals surface area contributed by atoms with Gasteiger partial charge in [-0.25, -0.2) is 17.9 Å². The molecule has 2 aromatic carbocycles. The first kappa shape index (κ1) is 21.2. The van der Waals surface area contributed by atoms with E-state index in [4.69, 9.17) is 11.6 Å². The number of hydrogen-bond acceptors (Lipinski definition) is 6. The molecule has 1 saturated heterocycles. The highest BCUT2D eigenvalue weighted by Gasteiger charge is 2.31. The number of H-pyrrole nitrogens is 1. The summed E-state index contributed by atoms with van der Waals surface area (Å²) in [6.07, 6.45) is 1.24. The molecule has 0 saturated carbocycles. The molecule has 31 heavy (non-hydrogen) atoms. The van der Waals surface area contributed by atoms with Crippen molar-refractivity contribution in [1.29, 1.82) is 0 Å². The summed E-state index contributed by atoms with van der Waals surface area (Å²) in [6, 6.07) is 10.1. The number of amides is 1. The van der Waals surface area contributed by atoms with Crippen LogP contribution in [0.1, 0.15) is 10.4 Å². The summed E-state index contributed by atoms with van der Waals surface area (Å²) < 4.78 is 40.9. The molecule has 0 radical (unpaired) electrons. The Bertz CT molecular complexity index is 1180. The molecule has 3 aromatic rings. The molecular weight excluding hydrogens is 447 g/mol. The highest BCUT2D eigenvalue weighted by molar-refractivity contribution is 7.89. The van der Waals surface area contributed by atoms with E-state index in [1.54, 1.807) is 12.1 Å². The third kappa shape index (κ3) is 4.53. The normalized spacial score (nSPS) is 15.1. The summed E-state index contributed by atoms with van der Waals surface area (Å²) in [5.41, 5.74) is 0.937. The Hall–Kier alpha value is -3.02. The average molecular weight is 465 g/mol. The SMILES string of the molecule is O=C(Nc1ncn[nH]1)c1ccc(Cl)c(S(=O)(=O)N2CCN(c3ccc(F)cc3)CC2)c1. The van der Waals surface area contributed by atoms with Crippen LogP contribution in [0.4, 0.5) is 16.0 Å². The number of halogens is 2. The van der Waals surface area contributed by atoms with Crippen LogP contribution >= 0.6 is 11.6 Å². The Morgan fingerprint density at radius 2 is 1.81 bits per heavy atom. The average Bonchev–Trinajstić information content (AvgIpc) is 3.27. The lowest BCUT2D eigenvalue weighted by Crippen LogP contribution is -2.48. The minimum absolute atomic E-state index is 0.0252. The summed E-state index contributed by atoms with van der Waals surface area (Å²) in [5, 5.41) is 8.65. The second-order valence-corrected chi connectivity index (χ2v) is 9.11. The summed E-state index contributed by atoms with van der Waals surface area (Å²) in [7, 11) is -3.92. The third-order valence-electron chi connectivity index (χ3n) is 4.89. The number of nitrogens with zero attached hydrogens (tertiary/aromatic N) is 4. The van der Waals surface area contributed by atoms with Gasteiger partial charge in [-0.2, -0.15) is 14.4 Å². The first-order valence-electron chi connectivity index (χ1n) is 9.31. The van der Waals surface area contributed by atoms with E-state index in [1.807, 2.05) is 4.90 Å². The van der Waals surface area contributed by atoms with Crippen LogP contribution in [0, 0.1) is 5.82 Å². The van der Waals surface area contributed by atoms with Crippen molar-refractivity contribution < 1.29 is 17.6 Å². The molecule has 12 heteroatoms. The lowest BCUT2D eigenvalue weighted by Gasteiger charge is -2.35. The summed E-state index contributed by atoms with van der Waals surface area (Å²) in [5.74, 6) is -0.737. The van der Waals surface area contributed by atoms with Gasteiger partial charge in [0.05, 0.1) is 5.02 Å². The minimum Gasteiger partial charge on any atom is -0.369 e. The first-order valence-corrected chi connectivity index (χ1v) is 11.1. The molecule has 0 spiro atoms. The molecule has 0 atom stereocenters. The van der Waals surface area contributed by atoms with Crippen LogP contribution in [0.25, 0.3) is 0 Å². The number of sulfonamides is 1. The van der Waals surface area contributed by atoms with Gasteiger partial charge < -0.3 is 4.90 Å². The highest BCUT2D eigenvalue weighted by Crippen LogP contribution is 2.28. The molecule has 9 nitrogen and oxygen atoms in total. The number of aromatic amines is 1. The van der Waals surface area contributed by atoms with Crippen molar-refractivity contribution in [1.82, 2.24) is 19.5 Å². The molecule has 0 bridgehead atoms. The van der Waals surface area contributed by atoms with Crippen molar-refractivity contribution in [3.8, 4) is 0 Å². The molecule has 4 rings (SSSR count). The number of carbonyl (C=O) groups is 1. The number of piperazine rings is 1. The highest BCUT2D eigenvalue weighted by atomic mass is 35.5. The third-order valence-corrected chi connectivity index (χ3v) is 7.27. The molecule has 2 N–H and O–H groups in total. The topological polar surface area (TPSA) is 111 Å². The summed E-state index contributed by atoms with van der Waals surface area (Å²) in [4.78, 5) is 18.1. The fourth-order valence-corrected chi connectivity index (χ4v) is 5.19. The molecule has 162 valence electrons. The number of rotatable bonds is 5. The number of anilines is 2. The molecular formula is C19H18ClFN6O3S. The lowest BCUT2D eigenvalue weighted by atomic mass is 10.2. The molecule has 1 fully saturated rings. The van der Waals surface area contributed by atoms with Gasteiger partial charge in [0.2, 0.25) is 16.0 Å². The lowest BCUT2D eigenvalue weighted by molar-refractivity contribution is 0.102. The van der Waals surface area contributed by atoms with E-state index in [-0.39, 0.29) is 40.3 Å². The molecule has 1 aromatic heterocycles. The van der Waals surface area contributed by atoms with Crippen molar-refractivity contribution >= 4 is 39.2 Å². The van der Waals surface area contributed by atoms with Crippen molar-refractivity contribution in [2.45, 2.75) is 4.90 Å². The smallest absolute Gasteiger partial charge is 0.258 e. The van der Waals surface area contributed by atoms with Gasteiger partial charge >= 0.3 is 0 Å². The molecule has 2 heterocycles. The quantitative estimate of drug-likeness (QED) is 0.599. The zero-order valence-corrected chi connectivity index (χ0v) is 17.7. The van der Waals surface area contributed by atoms with Crippen molar-refractivity contribution in [3.05, 3.63) is 65.2 Å². The maximum atomic E-state index is 13.2. The van der Waals surface area contributed by atoms with Crippen LogP contribution in [0.5, 0.6) is 0 Å². The monoisotopic (exact) mass is 464 g/mol. The number of benzene rings is 2. The second-order valence-electron chi connectivity index (χ2n) is 6.80. The Morgan fingerprint density at radius 3 is 2.45 bits per heavy atom. The predicted molar refractivity (Wildman–Crippen MR) is 113 cm³/mol. The van der Waals surface area contributed by atoms with Gasteiger partial charge in [0.15, 0.2) is 0 Å². The molecule has 1 aliphatic rings. The van der Waals surface area contributed by atoms with Gasteiger partial charge in [-0.05, 0) is 42.5 Å². The number of nitrogens with one attached hydrogen (secondary N) is 2. The minimum atomic E-state index is -3.92. The van der Waals surface area contributed by atoms with Crippen LogP contribution in [0.2, 0.25) is 5.02 Å². The zero-order chi connectivity index (χ0) is 22.0. The van der Waals surface area contributed by atoms with Gasteiger partial charge in [0.25, 0.3) is 5.91 Å². The van der Waals surface area contributed by atoms with Crippen LogP contribution in [-0.4, -0.2) is 60.0 Å². The van der Waals surface area contributed by atoms with Crippen molar-refractivity contribution in [2.24, 2.45) is 0 Å². The van der Waals surface area contributed by atoms with Gasteiger partial charge in [0, 0.05) is 37.4 Å². The van der Waals surface area contributed by atoms with E-state index in [1.165, 1.54) is 41.0 Å². The first-order chi connectivity index (χ1) is 14.8. The molecule has 1 aliphatic heterocycles. The van der Waals surface area contributed by atoms with Crippen LogP contribution in [0.3, 0.4) is 0 Å². The maximum absolute atomic E-state index is 13.2.